The number of aromatic hydroxyl groups is 1. The maximum atomic E-state index is 10.2. The van der Waals surface area contributed by atoms with Gasteiger partial charge < -0.3 is 19.5 Å². The van der Waals surface area contributed by atoms with Gasteiger partial charge in [0.25, 0.3) is 0 Å². The van der Waals surface area contributed by atoms with Crippen molar-refractivity contribution in [3.8, 4) is 17.2 Å². The number of likely N-dealkylation sites (tertiary alicyclic amines) is 1. The third kappa shape index (κ3) is 4.61. The highest BCUT2D eigenvalue weighted by Gasteiger charge is 2.33. The van der Waals surface area contributed by atoms with Crippen LogP contribution in [0.15, 0.2) is 72.8 Å². The summed E-state index contributed by atoms with van der Waals surface area (Å²) in [5.74, 6) is 2.32. The largest absolute Gasteiger partial charge is 0.508 e. The molecule has 0 unspecified atom stereocenters. The summed E-state index contributed by atoms with van der Waals surface area (Å²) in [5.41, 5.74) is 3.48. The molecule has 0 amide bonds. The maximum Gasteiger partial charge on any atom is 0.123 e. The van der Waals surface area contributed by atoms with E-state index in [0.29, 0.717) is 6.61 Å². The third-order valence-electron chi connectivity index (χ3n) is 6.70. The smallest absolute Gasteiger partial charge is 0.123 e. The molecular formula is C28H31NO3. The molecule has 0 saturated carbocycles. The Hall–Kier alpha value is -2.98. The topological polar surface area (TPSA) is 41.9 Å². The first kappa shape index (κ1) is 20.9. The van der Waals surface area contributed by atoms with Crippen LogP contribution in [0.25, 0.3) is 0 Å². The van der Waals surface area contributed by atoms with Crippen LogP contribution < -0.4 is 9.47 Å². The van der Waals surface area contributed by atoms with Crippen molar-refractivity contribution in [3.05, 3.63) is 89.5 Å². The molecule has 0 radical (unpaired) electrons. The molecule has 32 heavy (non-hydrogen) atoms. The summed E-state index contributed by atoms with van der Waals surface area (Å²) in [5, 5.41) is 10.2. The van der Waals surface area contributed by atoms with Gasteiger partial charge in [0.1, 0.15) is 17.2 Å². The van der Waals surface area contributed by atoms with Crippen LogP contribution in [0.2, 0.25) is 0 Å². The molecule has 0 spiro atoms. The van der Waals surface area contributed by atoms with Gasteiger partial charge in [-0.25, -0.2) is 0 Å². The number of phenolic OH excluding ortho intramolecular Hbond substituents is 1. The molecule has 4 nitrogen and oxygen atoms in total. The van der Waals surface area contributed by atoms with Crippen LogP contribution in [0, 0.1) is 0 Å². The van der Waals surface area contributed by atoms with Crippen LogP contribution in [-0.4, -0.2) is 42.9 Å². The normalized spacial score (nSPS) is 20.5. The van der Waals surface area contributed by atoms with Gasteiger partial charge in [0.05, 0.1) is 13.2 Å². The minimum Gasteiger partial charge on any atom is -0.508 e. The Kier molecular flexibility index (Phi) is 6.31. The minimum absolute atomic E-state index is 0.109. The van der Waals surface area contributed by atoms with Crippen molar-refractivity contribution >= 4 is 0 Å². The van der Waals surface area contributed by atoms with Crippen molar-refractivity contribution < 1.29 is 14.6 Å². The van der Waals surface area contributed by atoms with Crippen molar-refractivity contribution in [2.45, 2.75) is 31.1 Å². The van der Waals surface area contributed by atoms with E-state index in [1.165, 1.54) is 37.1 Å². The van der Waals surface area contributed by atoms with E-state index in [9.17, 15) is 5.11 Å². The van der Waals surface area contributed by atoms with Crippen LogP contribution in [0.1, 0.15) is 47.8 Å². The average molecular weight is 430 g/mol. The van der Waals surface area contributed by atoms with Gasteiger partial charge in [0, 0.05) is 23.9 Å². The lowest BCUT2D eigenvalue weighted by atomic mass is 9.76. The third-order valence-corrected chi connectivity index (χ3v) is 6.70. The summed E-state index contributed by atoms with van der Waals surface area (Å²) in [6, 6.07) is 24.4. The summed E-state index contributed by atoms with van der Waals surface area (Å²) >= 11 is 0. The molecule has 2 atom stereocenters. The first-order valence-corrected chi connectivity index (χ1v) is 11.7. The monoisotopic (exact) mass is 429 g/mol. The highest BCUT2D eigenvalue weighted by Crippen LogP contribution is 2.47. The van der Waals surface area contributed by atoms with Gasteiger partial charge in [-0.3, -0.25) is 0 Å². The maximum absolute atomic E-state index is 10.2. The Morgan fingerprint density at radius 2 is 1.69 bits per heavy atom. The Morgan fingerprint density at radius 3 is 2.47 bits per heavy atom. The zero-order chi connectivity index (χ0) is 21.8. The summed E-state index contributed by atoms with van der Waals surface area (Å²) in [6.07, 6.45) is 3.73. The number of hydrogen-bond donors (Lipinski definition) is 1. The highest BCUT2D eigenvalue weighted by atomic mass is 16.5. The fourth-order valence-corrected chi connectivity index (χ4v) is 5.06. The number of ether oxygens (including phenoxy) is 2. The van der Waals surface area contributed by atoms with Gasteiger partial charge in [0.2, 0.25) is 0 Å². The lowest BCUT2D eigenvalue weighted by molar-refractivity contribution is 0.248. The van der Waals surface area contributed by atoms with Crippen LogP contribution in [0.5, 0.6) is 17.2 Å². The second kappa shape index (κ2) is 9.66. The first-order valence-electron chi connectivity index (χ1n) is 11.7. The Morgan fingerprint density at radius 1 is 0.906 bits per heavy atom. The molecule has 0 aromatic heterocycles. The number of nitrogens with zero attached hydrogens (tertiary/aromatic N) is 1. The predicted molar refractivity (Wildman–Crippen MR) is 127 cm³/mol. The molecule has 2 heterocycles. The highest BCUT2D eigenvalue weighted by molar-refractivity contribution is 5.51. The molecule has 0 aliphatic carbocycles. The van der Waals surface area contributed by atoms with Crippen LogP contribution >= 0.6 is 0 Å². The van der Waals surface area contributed by atoms with E-state index < -0.39 is 0 Å². The summed E-state index contributed by atoms with van der Waals surface area (Å²) in [6.45, 7) is 4.95. The molecular weight excluding hydrogens is 398 g/mol. The zero-order valence-corrected chi connectivity index (χ0v) is 18.5. The quantitative estimate of drug-likeness (QED) is 0.499. The van der Waals surface area contributed by atoms with E-state index in [4.69, 9.17) is 9.47 Å². The molecule has 1 N–H and O–H groups in total. The van der Waals surface area contributed by atoms with E-state index in [1.807, 2.05) is 18.2 Å². The van der Waals surface area contributed by atoms with E-state index >= 15 is 0 Å². The molecule has 2 aliphatic rings. The van der Waals surface area contributed by atoms with Gasteiger partial charge in [-0.15, -0.1) is 0 Å². The lowest BCUT2D eigenvalue weighted by Crippen LogP contribution is -2.25. The second-order valence-electron chi connectivity index (χ2n) is 8.85. The second-order valence-corrected chi connectivity index (χ2v) is 8.85. The van der Waals surface area contributed by atoms with E-state index in [2.05, 4.69) is 53.4 Å². The average Bonchev–Trinajstić information content (AvgIpc) is 3.36. The predicted octanol–water partition coefficient (Wildman–Crippen LogP) is 5.57. The lowest BCUT2D eigenvalue weighted by Gasteiger charge is -2.34. The van der Waals surface area contributed by atoms with Crippen molar-refractivity contribution in [3.63, 3.8) is 0 Å². The Bertz CT molecular complexity index is 1010. The minimum atomic E-state index is 0.109. The standard InChI is InChI=1S/C28H31NO3/c30-23-11-14-27-25(19-23)28(26(20-32-27)21-7-2-1-3-8-21)22-9-12-24(13-10-22)31-18-6-17-29-15-4-5-16-29/h1-3,7-14,19,26,28,30H,4-6,15-18,20H2/t26-,28+/m0/s1. The number of rotatable bonds is 7. The number of hydrogen-bond acceptors (Lipinski definition) is 4. The molecule has 1 fully saturated rings. The molecule has 1 saturated heterocycles. The summed E-state index contributed by atoms with van der Waals surface area (Å²) < 4.78 is 12.1. The summed E-state index contributed by atoms with van der Waals surface area (Å²) in [7, 11) is 0. The molecule has 3 aromatic rings. The first-order chi connectivity index (χ1) is 15.8. The molecule has 2 aliphatic heterocycles. The van der Waals surface area contributed by atoms with Gasteiger partial charge in [-0.2, -0.15) is 0 Å². The van der Waals surface area contributed by atoms with Crippen molar-refractivity contribution in [2.24, 2.45) is 0 Å². The van der Waals surface area contributed by atoms with Crippen molar-refractivity contribution in [1.29, 1.82) is 0 Å². The molecule has 0 bridgehead atoms. The zero-order valence-electron chi connectivity index (χ0n) is 18.5. The van der Waals surface area contributed by atoms with Crippen LogP contribution in [0.4, 0.5) is 0 Å². The number of benzene rings is 3. The van der Waals surface area contributed by atoms with E-state index in [1.54, 1.807) is 6.07 Å². The van der Waals surface area contributed by atoms with Gasteiger partial charge in [-0.1, -0.05) is 42.5 Å². The van der Waals surface area contributed by atoms with Crippen molar-refractivity contribution in [2.75, 3.05) is 32.8 Å². The Labute approximate surface area is 190 Å². The fourth-order valence-electron chi connectivity index (χ4n) is 5.06. The van der Waals surface area contributed by atoms with Gasteiger partial charge in [-0.05, 0) is 73.8 Å². The molecule has 5 rings (SSSR count). The molecule has 166 valence electrons. The number of fused-ring (bicyclic) bond motifs is 1. The Balaban J connectivity index is 1.34. The van der Waals surface area contributed by atoms with Crippen LogP contribution in [-0.2, 0) is 0 Å². The molecule has 3 aromatic carbocycles. The fraction of sp³-hybridized carbons (Fsp3) is 0.357. The van der Waals surface area contributed by atoms with E-state index in [0.717, 1.165) is 36.6 Å². The van der Waals surface area contributed by atoms with Crippen molar-refractivity contribution in [1.82, 2.24) is 4.90 Å². The molecule has 4 heteroatoms. The van der Waals surface area contributed by atoms with Gasteiger partial charge in [0.15, 0.2) is 0 Å². The van der Waals surface area contributed by atoms with Crippen LogP contribution in [0.3, 0.4) is 0 Å². The SMILES string of the molecule is Oc1ccc2c(c1)[C@@H](c1ccc(OCCCN3CCCC3)cc1)[C@H](c1ccccc1)CO2. The number of phenols is 1. The van der Waals surface area contributed by atoms with Gasteiger partial charge >= 0.3 is 0 Å². The van der Waals surface area contributed by atoms with E-state index in [-0.39, 0.29) is 17.6 Å². The summed E-state index contributed by atoms with van der Waals surface area (Å²) in [4.78, 5) is 2.52.